The zero-order valence-electron chi connectivity index (χ0n) is 11.8. The van der Waals surface area contributed by atoms with Crippen molar-refractivity contribution in [3.8, 4) is 0 Å². The summed E-state index contributed by atoms with van der Waals surface area (Å²) >= 11 is 0. The molecule has 0 bridgehead atoms. The van der Waals surface area contributed by atoms with Gasteiger partial charge in [0.15, 0.2) is 0 Å². The molecule has 0 saturated carbocycles. The molecular weight excluding hydrogens is 228 g/mol. The second-order valence-corrected chi connectivity index (χ2v) is 4.76. The Labute approximate surface area is 109 Å². The number of hydrogen-bond acceptors (Lipinski definition) is 3. The SMILES string of the molecule is C=C(c1cc([N+](=O)[O-])ccc1N)C(C)(C)C.CC. The maximum absolute atomic E-state index is 10.7. The summed E-state index contributed by atoms with van der Waals surface area (Å²) in [4.78, 5) is 10.2. The van der Waals surface area contributed by atoms with Crippen molar-refractivity contribution in [3.63, 3.8) is 0 Å². The van der Waals surface area contributed by atoms with Gasteiger partial charge >= 0.3 is 0 Å². The second kappa shape index (κ2) is 6.19. The number of nitro groups is 1. The molecule has 4 heteroatoms. The van der Waals surface area contributed by atoms with Crippen molar-refractivity contribution in [3.05, 3.63) is 40.5 Å². The summed E-state index contributed by atoms with van der Waals surface area (Å²) in [5.74, 6) is 0. The summed E-state index contributed by atoms with van der Waals surface area (Å²) in [5.41, 5.74) is 7.65. The lowest BCUT2D eigenvalue weighted by atomic mass is 9.82. The van der Waals surface area contributed by atoms with Crippen LogP contribution in [0, 0.1) is 15.5 Å². The van der Waals surface area contributed by atoms with Crippen LogP contribution in [0.5, 0.6) is 0 Å². The summed E-state index contributed by atoms with van der Waals surface area (Å²) in [6.07, 6.45) is 0. The fourth-order valence-corrected chi connectivity index (χ4v) is 1.32. The van der Waals surface area contributed by atoms with Gasteiger partial charge in [0.25, 0.3) is 5.69 Å². The Morgan fingerprint density at radius 3 is 2.22 bits per heavy atom. The van der Waals surface area contributed by atoms with Gasteiger partial charge in [-0.3, -0.25) is 10.1 Å². The van der Waals surface area contributed by atoms with Crippen molar-refractivity contribution in [1.82, 2.24) is 0 Å². The van der Waals surface area contributed by atoms with E-state index in [9.17, 15) is 10.1 Å². The average Bonchev–Trinajstić information content (AvgIpc) is 2.30. The third-order valence-electron chi connectivity index (χ3n) is 2.48. The van der Waals surface area contributed by atoms with Crippen LogP contribution in [0.15, 0.2) is 24.8 Å². The first-order chi connectivity index (χ1) is 8.23. The Balaban J connectivity index is 0.00000137. The third-order valence-corrected chi connectivity index (χ3v) is 2.48. The minimum Gasteiger partial charge on any atom is -0.398 e. The molecule has 2 N–H and O–H groups in total. The Morgan fingerprint density at radius 2 is 1.83 bits per heavy atom. The molecule has 0 saturated heterocycles. The number of benzene rings is 1. The van der Waals surface area contributed by atoms with Crippen LogP contribution in [-0.2, 0) is 0 Å². The molecule has 0 aliphatic carbocycles. The molecule has 0 atom stereocenters. The average molecular weight is 250 g/mol. The predicted molar refractivity (Wildman–Crippen MR) is 77.3 cm³/mol. The van der Waals surface area contributed by atoms with Gasteiger partial charge in [0.1, 0.15) is 0 Å². The molecular formula is C14H22N2O2. The van der Waals surface area contributed by atoms with E-state index in [1.165, 1.54) is 12.1 Å². The van der Waals surface area contributed by atoms with Crippen molar-refractivity contribution in [2.75, 3.05) is 5.73 Å². The lowest BCUT2D eigenvalue weighted by molar-refractivity contribution is -0.384. The highest BCUT2D eigenvalue weighted by molar-refractivity contribution is 5.77. The highest BCUT2D eigenvalue weighted by atomic mass is 16.6. The summed E-state index contributed by atoms with van der Waals surface area (Å²) in [5, 5.41) is 10.7. The zero-order valence-corrected chi connectivity index (χ0v) is 11.8. The van der Waals surface area contributed by atoms with Crippen LogP contribution < -0.4 is 5.73 Å². The molecule has 0 amide bonds. The normalized spacial score (nSPS) is 10.3. The molecule has 0 spiro atoms. The number of allylic oxidation sites excluding steroid dienone is 1. The topological polar surface area (TPSA) is 69.2 Å². The molecule has 1 aromatic carbocycles. The molecule has 0 aliphatic heterocycles. The largest absolute Gasteiger partial charge is 0.398 e. The van der Waals surface area contributed by atoms with Gasteiger partial charge in [-0.2, -0.15) is 0 Å². The number of hydrogen-bond donors (Lipinski definition) is 1. The number of nitrogens with zero attached hydrogens (tertiary/aromatic N) is 1. The van der Waals surface area contributed by atoms with Gasteiger partial charge in [0.2, 0.25) is 0 Å². The van der Waals surface area contributed by atoms with Crippen LogP contribution in [0.1, 0.15) is 40.2 Å². The Bertz CT molecular complexity index is 446. The standard InChI is InChI=1S/C12H16N2O2.C2H6/c1-8(12(2,3)4)10-7-9(14(15)16)5-6-11(10)13;1-2/h5-7H,1,13H2,2-4H3;1-2H3. The number of nitro benzene ring substituents is 1. The van der Waals surface area contributed by atoms with E-state index in [1.54, 1.807) is 6.07 Å². The molecule has 0 aliphatic rings. The number of non-ortho nitro benzene ring substituents is 1. The van der Waals surface area contributed by atoms with Crippen LogP contribution in [0.2, 0.25) is 0 Å². The lowest BCUT2D eigenvalue weighted by Crippen LogP contribution is -2.09. The molecule has 0 fully saturated rings. The van der Waals surface area contributed by atoms with Gasteiger partial charge in [-0.25, -0.2) is 0 Å². The Kier molecular flexibility index (Phi) is 5.56. The summed E-state index contributed by atoms with van der Waals surface area (Å²) < 4.78 is 0. The zero-order chi connectivity index (χ0) is 14.5. The van der Waals surface area contributed by atoms with E-state index >= 15 is 0 Å². The van der Waals surface area contributed by atoms with Crippen molar-refractivity contribution in [2.45, 2.75) is 34.6 Å². The molecule has 1 rings (SSSR count). The molecule has 0 radical (unpaired) electrons. The number of nitrogen functional groups attached to an aromatic ring is 1. The van der Waals surface area contributed by atoms with Crippen molar-refractivity contribution in [1.29, 1.82) is 0 Å². The maximum Gasteiger partial charge on any atom is 0.270 e. The monoisotopic (exact) mass is 250 g/mol. The van der Waals surface area contributed by atoms with Gasteiger partial charge in [0.05, 0.1) is 4.92 Å². The van der Waals surface area contributed by atoms with E-state index in [4.69, 9.17) is 5.73 Å². The first-order valence-electron chi connectivity index (χ1n) is 5.97. The molecule has 100 valence electrons. The fourth-order valence-electron chi connectivity index (χ4n) is 1.32. The molecule has 0 heterocycles. The summed E-state index contributed by atoms with van der Waals surface area (Å²) in [6, 6.07) is 4.42. The third kappa shape index (κ3) is 3.87. The van der Waals surface area contributed by atoms with Gasteiger partial charge in [-0.1, -0.05) is 41.2 Å². The van der Waals surface area contributed by atoms with E-state index in [2.05, 4.69) is 6.58 Å². The van der Waals surface area contributed by atoms with Crippen molar-refractivity contribution >= 4 is 16.9 Å². The minimum atomic E-state index is -0.432. The van der Waals surface area contributed by atoms with Crippen LogP contribution >= 0.6 is 0 Å². The maximum atomic E-state index is 10.7. The van der Waals surface area contributed by atoms with Crippen LogP contribution in [0.25, 0.3) is 5.57 Å². The fraction of sp³-hybridized carbons (Fsp3) is 0.429. The first kappa shape index (κ1) is 16.2. The predicted octanol–water partition coefficient (Wildman–Crippen LogP) is 4.26. The van der Waals surface area contributed by atoms with Gasteiger partial charge < -0.3 is 5.73 Å². The smallest absolute Gasteiger partial charge is 0.270 e. The Morgan fingerprint density at radius 1 is 1.33 bits per heavy atom. The van der Waals surface area contributed by atoms with E-state index in [0.29, 0.717) is 11.3 Å². The molecule has 0 aromatic heterocycles. The van der Waals surface area contributed by atoms with Gasteiger partial charge in [-0.15, -0.1) is 0 Å². The van der Waals surface area contributed by atoms with Crippen LogP contribution in [0.3, 0.4) is 0 Å². The summed E-state index contributed by atoms with van der Waals surface area (Å²) in [7, 11) is 0. The van der Waals surface area contributed by atoms with E-state index < -0.39 is 4.92 Å². The highest BCUT2D eigenvalue weighted by Crippen LogP contribution is 2.36. The summed E-state index contributed by atoms with van der Waals surface area (Å²) in [6.45, 7) is 13.9. The number of nitrogens with two attached hydrogens (primary N) is 1. The number of anilines is 1. The highest BCUT2D eigenvalue weighted by Gasteiger charge is 2.20. The van der Waals surface area contributed by atoms with Gasteiger partial charge in [-0.05, 0) is 17.1 Å². The van der Waals surface area contributed by atoms with Crippen LogP contribution in [0.4, 0.5) is 11.4 Å². The van der Waals surface area contributed by atoms with E-state index in [1.807, 2.05) is 34.6 Å². The van der Waals surface area contributed by atoms with E-state index in [0.717, 1.165) is 5.57 Å². The van der Waals surface area contributed by atoms with Crippen molar-refractivity contribution < 1.29 is 4.92 Å². The molecule has 18 heavy (non-hydrogen) atoms. The van der Waals surface area contributed by atoms with Crippen LogP contribution in [-0.4, -0.2) is 4.92 Å². The minimum absolute atomic E-state index is 0.0367. The quantitative estimate of drug-likeness (QED) is 0.484. The van der Waals surface area contributed by atoms with Crippen molar-refractivity contribution in [2.24, 2.45) is 5.41 Å². The number of rotatable bonds is 2. The molecule has 1 aromatic rings. The second-order valence-electron chi connectivity index (χ2n) is 4.76. The van der Waals surface area contributed by atoms with Gasteiger partial charge in [0, 0.05) is 23.4 Å². The first-order valence-corrected chi connectivity index (χ1v) is 5.97. The molecule has 4 nitrogen and oxygen atoms in total. The van der Waals surface area contributed by atoms with E-state index in [-0.39, 0.29) is 11.1 Å². The lowest BCUT2D eigenvalue weighted by Gasteiger charge is -2.23. The molecule has 0 unspecified atom stereocenters. The Hall–Kier alpha value is -1.84.